The van der Waals surface area contributed by atoms with Gasteiger partial charge in [0.25, 0.3) is 5.89 Å². The summed E-state index contributed by atoms with van der Waals surface area (Å²) in [7, 11) is 3.03. The standard InChI is InChI=1S/C23H19FN4O4/c1-30-19-11-9-16(13-20(19)31-2)26-23(29)25-15-8-10-18(24)17(12-15)22-28-27-21(32-22)14-6-4-3-5-7-14/h3-13H,1-2H3,(H2,25,26,29). The summed E-state index contributed by atoms with van der Waals surface area (Å²) < 4.78 is 30.5. The number of carbonyl (C=O) groups is 1. The molecular weight excluding hydrogens is 415 g/mol. The van der Waals surface area contributed by atoms with Crippen LogP contribution in [0.15, 0.2) is 71.1 Å². The van der Waals surface area contributed by atoms with E-state index in [0.717, 1.165) is 5.56 Å². The molecule has 0 radical (unpaired) electrons. The summed E-state index contributed by atoms with van der Waals surface area (Å²) in [4.78, 5) is 12.4. The molecule has 3 aromatic carbocycles. The van der Waals surface area contributed by atoms with Gasteiger partial charge in [-0.25, -0.2) is 9.18 Å². The Labute approximate surface area is 183 Å². The Morgan fingerprint density at radius 1 is 0.844 bits per heavy atom. The molecule has 8 nitrogen and oxygen atoms in total. The minimum atomic E-state index is -0.556. The van der Waals surface area contributed by atoms with E-state index in [1.807, 2.05) is 30.3 Å². The van der Waals surface area contributed by atoms with Gasteiger partial charge in [-0.1, -0.05) is 18.2 Å². The number of aromatic nitrogens is 2. The summed E-state index contributed by atoms with van der Waals surface area (Å²) >= 11 is 0. The first-order chi connectivity index (χ1) is 15.6. The first-order valence-corrected chi connectivity index (χ1v) is 9.56. The molecule has 0 bridgehead atoms. The van der Waals surface area contributed by atoms with E-state index in [9.17, 15) is 9.18 Å². The van der Waals surface area contributed by atoms with Gasteiger partial charge < -0.3 is 24.5 Å². The van der Waals surface area contributed by atoms with Crippen molar-refractivity contribution in [3.05, 3.63) is 72.5 Å². The van der Waals surface area contributed by atoms with Crippen LogP contribution in [0.4, 0.5) is 20.6 Å². The van der Waals surface area contributed by atoms with Gasteiger partial charge in [0.05, 0.1) is 19.8 Å². The van der Waals surface area contributed by atoms with Crippen molar-refractivity contribution in [3.8, 4) is 34.4 Å². The number of benzene rings is 3. The largest absolute Gasteiger partial charge is 0.493 e. The third kappa shape index (κ3) is 4.51. The van der Waals surface area contributed by atoms with E-state index >= 15 is 0 Å². The molecule has 0 aliphatic heterocycles. The van der Waals surface area contributed by atoms with E-state index < -0.39 is 11.8 Å². The molecule has 0 saturated heterocycles. The number of carbonyl (C=O) groups excluding carboxylic acids is 1. The number of halogens is 1. The van der Waals surface area contributed by atoms with Gasteiger partial charge >= 0.3 is 6.03 Å². The monoisotopic (exact) mass is 434 g/mol. The SMILES string of the molecule is COc1ccc(NC(=O)Nc2ccc(F)c(-c3nnc(-c4ccccc4)o3)c2)cc1OC. The smallest absolute Gasteiger partial charge is 0.323 e. The van der Waals surface area contributed by atoms with Crippen LogP contribution in [-0.4, -0.2) is 30.4 Å². The van der Waals surface area contributed by atoms with Crippen molar-refractivity contribution in [2.75, 3.05) is 24.9 Å². The molecule has 1 aromatic heterocycles. The number of nitrogens with one attached hydrogen (secondary N) is 2. The van der Waals surface area contributed by atoms with Crippen molar-refractivity contribution < 1.29 is 23.1 Å². The van der Waals surface area contributed by atoms with Crippen LogP contribution >= 0.6 is 0 Å². The predicted octanol–water partition coefficient (Wildman–Crippen LogP) is 5.20. The number of nitrogens with zero attached hydrogens (tertiary/aromatic N) is 2. The van der Waals surface area contributed by atoms with Crippen LogP contribution in [0.1, 0.15) is 0 Å². The topological polar surface area (TPSA) is 98.5 Å². The lowest BCUT2D eigenvalue weighted by molar-refractivity contribution is 0.262. The van der Waals surface area contributed by atoms with Crippen LogP contribution < -0.4 is 20.1 Å². The molecule has 0 saturated carbocycles. The van der Waals surface area contributed by atoms with Gasteiger partial charge in [-0.05, 0) is 42.5 Å². The molecule has 2 N–H and O–H groups in total. The highest BCUT2D eigenvalue weighted by Gasteiger charge is 2.16. The van der Waals surface area contributed by atoms with E-state index in [2.05, 4.69) is 20.8 Å². The lowest BCUT2D eigenvalue weighted by Gasteiger charge is -2.11. The van der Waals surface area contributed by atoms with Crippen molar-refractivity contribution in [1.82, 2.24) is 10.2 Å². The number of ether oxygens (including phenoxy) is 2. The molecule has 1 heterocycles. The zero-order valence-corrected chi connectivity index (χ0v) is 17.3. The number of anilines is 2. The molecule has 2 amide bonds. The maximum Gasteiger partial charge on any atom is 0.323 e. The van der Waals surface area contributed by atoms with Crippen molar-refractivity contribution in [2.24, 2.45) is 0 Å². The number of rotatable bonds is 6. The van der Waals surface area contributed by atoms with Crippen LogP contribution in [0.25, 0.3) is 22.9 Å². The van der Waals surface area contributed by atoms with Gasteiger partial charge in [-0.3, -0.25) is 0 Å². The first kappa shape index (κ1) is 20.9. The van der Waals surface area contributed by atoms with E-state index in [-0.39, 0.29) is 17.3 Å². The Kier molecular flexibility index (Phi) is 5.98. The number of urea groups is 1. The Balaban J connectivity index is 1.51. The molecule has 0 unspecified atom stereocenters. The second kappa shape index (κ2) is 9.17. The molecule has 0 atom stereocenters. The fraction of sp³-hybridized carbons (Fsp3) is 0.0870. The molecule has 162 valence electrons. The lowest BCUT2D eigenvalue weighted by Crippen LogP contribution is -2.19. The number of hydrogen-bond donors (Lipinski definition) is 2. The van der Waals surface area contributed by atoms with Gasteiger partial charge in [-0.2, -0.15) is 0 Å². The average Bonchev–Trinajstić information content (AvgIpc) is 3.31. The molecule has 32 heavy (non-hydrogen) atoms. The highest BCUT2D eigenvalue weighted by molar-refractivity contribution is 6.00. The van der Waals surface area contributed by atoms with Crippen molar-refractivity contribution >= 4 is 17.4 Å². The van der Waals surface area contributed by atoms with Crippen molar-refractivity contribution in [2.45, 2.75) is 0 Å². The molecule has 0 fully saturated rings. The number of hydrogen-bond acceptors (Lipinski definition) is 6. The van der Waals surface area contributed by atoms with Crippen molar-refractivity contribution in [1.29, 1.82) is 0 Å². The third-order valence-corrected chi connectivity index (χ3v) is 4.54. The van der Waals surface area contributed by atoms with E-state index in [4.69, 9.17) is 13.9 Å². The van der Waals surface area contributed by atoms with E-state index in [1.54, 1.807) is 18.2 Å². The highest BCUT2D eigenvalue weighted by atomic mass is 19.1. The van der Waals surface area contributed by atoms with Gasteiger partial charge in [0.15, 0.2) is 11.5 Å². The first-order valence-electron chi connectivity index (χ1n) is 9.56. The summed E-state index contributed by atoms with van der Waals surface area (Å²) in [5.74, 6) is 0.727. The van der Waals surface area contributed by atoms with E-state index in [0.29, 0.717) is 22.9 Å². The zero-order chi connectivity index (χ0) is 22.5. The van der Waals surface area contributed by atoms with Crippen molar-refractivity contribution in [3.63, 3.8) is 0 Å². The summed E-state index contributed by atoms with van der Waals surface area (Å²) in [6.45, 7) is 0. The second-order valence-electron chi connectivity index (χ2n) is 6.62. The Hall–Kier alpha value is -4.40. The molecule has 0 aliphatic carbocycles. The molecule has 0 aliphatic rings. The normalized spacial score (nSPS) is 10.5. The minimum absolute atomic E-state index is 0.00491. The fourth-order valence-electron chi connectivity index (χ4n) is 3.00. The van der Waals surface area contributed by atoms with Gasteiger partial charge in [0.1, 0.15) is 5.82 Å². The number of methoxy groups -OCH3 is 2. The summed E-state index contributed by atoms with van der Waals surface area (Å²) in [5.41, 5.74) is 1.63. The summed E-state index contributed by atoms with van der Waals surface area (Å²) in [6.07, 6.45) is 0. The maximum absolute atomic E-state index is 14.4. The van der Waals surface area contributed by atoms with Gasteiger partial charge in [0.2, 0.25) is 5.89 Å². The summed E-state index contributed by atoms with van der Waals surface area (Å²) in [6, 6.07) is 17.7. The van der Waals surface area contributed by atoms with E-state index in [1.165, 1.54) is 32.4 Å². The summed E-state index contributed by atoms with van der Waals surface area (Å²) in [5, 5.41) is 13.3. The molecule has 4 aromatic rings. The molecule has 9 heteroatoms. The van der Waals surface area contributed by atoms with Crippen LogP contribution in [0.3, 0.4) is 0 Å². The second-order valence-corrected chi connectivity index (χ2v) is 6.62. The minimum Gasteiger partial charge on any atom is -0.493 e. The zero-order valence-electron chi connectivity index (χ0n) is 17.3. The lowest BCUT2D eigenvalue weighted by atomic mass is 10.2. The fourth-order valence-corrected chi connectivity index (χ4v) is 3.00. The highest BCUT2D eigenvalue weighted by Crippen LogP contribution is 2.30. The van der Waals surface area contributed by atoms with Gasteiger partial charge in [-0.15, -0.1) is 10.2 Å². The maximum atomic E-state index is 14.4. The Bertz CT molecular complexity index is 1240. The number of amides is 2. The Morgan fingerprint density at radius 2 is 1.50 bits per heavy atom. The predicted molar refractivity (Wildman–Crippen MR) is 117 cm³/mol. The average molecular weight is 434 g/mol. The van der Waals surface area contributed by atoms with Crippen LogP contribution in [0, 0.1) is 5.82 Å². The van der Waals surface area contributed by atoms with Crippen LogP contribution in [0.2, 0.25) is 0 Å². The van der Waals surface area contributed by atoms with Crippen LogP contribution in [0.5, 0.6) is 11.5 Å². The molecule has 4 rings (SSSR count). The van der Waals surface area contributed by atoms with Gasteiger partial charge in [0, 0.05) is 23.0 Å². The Morgan fingerprint density at radius 3 is 2.22 bits per heavy atom. The quantitative estimate of drug-likeness (QED) is 0.433. The van der Waals surface area contributed by atoms with Crippen LogP contribution in [-0.2, 0) is 0 Å². The molecular formula is C23H19FN4O4. The third-order valence-electron chi connectivity index (χ3n) is 4.54. The molecule has 0 spiro atoms.